The minimum Gasteiger partial charge on any atom is -0.272 e. The summed E-state index contributed by atoms with van der Waals surface area (Å²) < 4.78 is 0. The van der Waals surface area contributed by atoms with Crippen molar-refractivity contribution in [3.63, 3.8) is 0 Å². The van der Waals surface area contributed by atoms with Crippen molar-refractivity contribution in [3.8, 4) is 6.07 Å². The fourth-order valence-corrected chi connectivity index (χ4v) is 1.04. The zero-order chi connectivity index (χ0) is 8.27. The summed E-state index contributed by atoms with van der Waals surface area (Å²) in [5, 5.41) is 12.0. The van der Waals surface area contributed by atoms with Crippen LogP contribution in [0, 0.1) is 17.2 Å². The molecule has 1 amide bonds. The maximum atomic E-state index is 11.0. The predicted molar refractivity (Wildman–Crippen MR) is 39.6 cm³/mol. The molecule has 0 unspecified atom stereocenters. The van der Waals surface area contributed by atoms with Crippen molar-refractivity contribution in [2.24, 2.45) is 11.0 Å². The Bertz CT molecular complexity index is 239. The first-order chi connectivity index (χ1) is 5.25. The molecule has 58 valence electrons. The summed E-state index contributed by atoms with van der Waals surface area (Å²) in [6.45, 7) is 1.79. The van der Waals surface area contributed by atoms with Crippen molar-refractivity contribution in [2.75, 3.05) is 0 Å². The largest absolute Gasteiger partial charge is 0.272 e. The Morgan fingerprint density at radius 3 is 3.00 bits per heavy atom. The maximum Gasteiger partial charge on any atom is 0.248 e. The predicted octanol–water partition coefficient (Wildman–Crippen LogP) is 0.412. The number of nitrogens with zero attached hydrogens (tertiary/aromatic N) is 2. The summed E-state index contributed by atoms with van der Waals surface area (Å²) in [4.78, 5) is 11.0. The molecule has 0 aromatic carbocycles. The molecular formula is C7H9N3O. The third-order valence-corrected chi connectivity index (χ3v) is 1.71. The highest BCUT2D eigenvalue weighted by Gasteiger charge is 2.25. The second-order valence-corrected chi connectivity index (χ2v) is 2.48. The van der Waals surface area contributed by atoms with Crippen LogP contribution in [0.4, 0.5) is 0 Å². The average Bonchev–Trinajstić information content (AvgIpc) is 2.29. The molecule has 1 heterocycles. The van der Waals surface area contributed by atoms with Crippen LogP contribution < -0.4 is 5.43 Å². The molecule has 0 radical (unpaired) electrons. The Morgan fingerprint density at radius 1 is 1.82 bits per heavy atom. The normalized spacial score (nSPS) is 22.4. The van der Waals surface area contributed by atoms with E-state index >= 15 is 0 Å². The molecule has 1 aliphatic heterocycles. The smallest absolute Gasteiger partial charge is 0.248 e. The van der Waals surface area contributed by atoms with Crippen molar-refractivity contribution in [1.82, 2.24) is 5.43 Å². The SMILES string of the molecule is CC1=NNC(=O)[C@H]1CCC#N. The number of amides is 1. The summed E-state index contributed by atoms with van der Waals surface area (Å²) in [5.74, 6) is -0.257. The molecule has 11 heavy (non-hydrogen) atoms. The van der Waals surface area contributed by atoms with Gasteiger partial charge in [0.2, 0.25) is 5.91 Å². The third-order valence-electron chi connectivity index (χ3n) is 1.71. The Morgan fingerprint density at radius 2 is 2.55 bits per heavy atom. The van der Waals surface area contributed by atoms with Crippen molar-refractivity contribution in [2.45, 2.75) is 19.8 Å². The summed E-state index contributed by atoms with van der Waals surface area (Å²) in [6, 6.07) is 2.00. The Hall–Kier alpha value is -1.37. The highest BCUT2D eigenvalue weighted by molar-refractivity contribution is 6.06. The van der Waals surface area contributed by atoms with E-state index in [-0.39, 0.29) is 11.8 Å². The van der Waals surface area contributed by atoms with Crippen LogP contribution in [0.15, 0.2) is 5.10 Å². The molecular weight excluding hydrogens is 142 g/mol. The van der Waals surface area contributed by atoms with E-state index in [4.69, 9.17) is 5.26 Å². The fraction of sp³-hybridized carbons (Fsp3) is 0.571. The van der Waals surface area contributed by atoms with Crippen LogP contribution in [0.1, 0.15) is 19.8 Å². The van der Waals surface area contributed by atoms with Crippen LogP contribution in [-0.4, -0.2) is 11.6 Å². The van der Waals surface area contributed by atoms with Crippen LogP contribution >= 0.6 is 0 Å². The monoisotopic (exact) mass is 151 g/mol. The lowest BCUT2D eigenvalue weighted by atomic mass is 9.99. The number of carbonyl (C=O) groups excluding carboxylic acids is 1. The second kappa shape index (κ2) is 3.15. The van der Waals surface area contributed by atoms with Gasteiger partial charge in [0.05, 0.1) is 12.0 Å². The van der Waals surface area contributed by atoms with Crippen LogP contribution in [0.25, 0.3) is 0 Å². The van der Waals surface area contributed by atoms with Crippen molar-refractivity contribution < 1.29 is 4.79 Å². The van der Waals surface area contributed by atoms with Crippen LogP contribution in [0.3, 0.4) is 0 Å². The molecule has 0 saturated heterocycles. The minimum atomic E-state index is -0.172. The summed E-state index contributed by atoms with van der Waals surface area (Å²) in [6.07, 6.45) is 0.989. The van der Waals surface area contributed by atoms with Crippen molar-refractivity contribution in [3.05, 3.63) is 0 Å². The van der Waals surface area contributed by atoms with Crippen LogP contribution in [0.5, 0.6) is 0 Å². The van der Waals surface area contributed by atoms with Crippen LogP contribution in [0.2, 0.25) is 0 Å². The zero-order valence-electron chi connectivity index (χ0n) is 6.29. The first kappa shape index (κ1) is 7.73. The van der Waals surface area contributed by atoms with Gasteiger partial charge in [0, 0.05) is 12.1 Å². The third kappa shape index (κ3) is 1.55. The van der Waals surface area contributed by atoms with Gasteiger partial charge < -0.3 is 0 Å². The van der Waals surface area contributed by atoms with E-state index in [0.717, 1.165) is 5.71 Å². The molecule has 0 saturated carbocycles. The van der Waals surface area contributed by atoms with Gasteiger partial charge in [0.1, 0.15) is 0 Å². The minimum absolute atomic E-state index is 0.0854. The van der Waals surface area contributed by atoms with Gasteiger partial charge in [-0.1, -0.05) is 0 Å². The zero-order valence-corrected chi connectivity index (χ0v) is 6.29. The van der Waals surface area contributed by atoms with E-state index in [1.165, 1.54) is 0 Å². The summed E-state index contributed by atoms with van der Waals surface area (Å²) >= 11 is 0. The first-order valence-corrected chi connectivity index (χ1v) is 3.46. The van der Waals surface area contributed by atoms with Crippen molar-refractivity contribution >= 4 is 11.6 Å². The quantitative estimate of drug-likeness (QED) is 0.621. The molecule has 4 nitrogen and oxygen atoms in total. The topological polar surface area (TPSA) is 65.2 Å². The molecule has 0 fully saturated rings. The highest BCUT2D eigenvalue weighted by atomic mass is 16.2. The summed E-state index contributed by atoms with van der Waals surface area (Å²) in [7, 11) is 0. The lowest BCUT2D eigenvalue weighted by molar-refractivity contribution is -0.122. The number of hydrogen-bond acceptors (Lipinski definition) is 3. The van der Waals surface area contributed by atoms with Gasteiger partial charge in [0.25, 0.3) is 0 Å². The lowest BCUT2D eigenvalue weighted by Gasteiger charge is -2.02. The van der Waals surface area contributed by atoms with E-state index in [0.29, 0.717) is 12.8 Å². The maximum absolute atomic E-state index is 11.0. The van der Waals surface area contributed by atoms with E-state index in [9.17, 15) is 4.79 Å². The van der Waals surface area contributed by atoms with E-state index in [1.54, 1.807) is 6.92 Å². The van der Waals surface area contributed by atoms with Crippen molar-refractivity contribution in [1.29, 1.82) is 5.26 Å². The second-order valence-electron chi connectivity index (χ2n) is 2.48. The van der Waals surface area contributed by atoms with Gasteiger partial charge in [-0.2, -0.15) is 10.4 Å². The lowest BCUT2D eigenvalue weighted by Crippen LogP contribution is -2.21. The van der Waals surface area contributed by atoms with Crippen LogP contribution in [-0.2, 0) is 4.79 Å². The number of nitriles is 1. The molecule has 1 N–H and O–H groups in total. The molecule has 1 rings (SSSR count). The fourth-order valence-electron chi connectivity index (χ4n) is 1.04. The number of carbonyl (C=O) groups is 1. The Balaban J connectivity index is 2.51. The summed E-state index contributed by atoms with van der Waals surface area (Å²) in [5.41, 5.74) is 3.15. The highest BCUT2D eigenvalue weighted by Crippen LogP contribution is 2.12. The molecule has 1 aliphatic rings. The number of hydrogen-bond donors (Lipinski definition) is 1. The van der Waals surface area contributed by atoms with E-state index < -0.39 is 0 Å². The van der Waals surface area contributed by atoms with Gasteiger partial charge in [-0.3, -0.25) is 4.79 Å². The van der Waals surface area contributed by atoms with Gasteiger partial charge >= 0.3 is 0 Å². The molecule has 0 aromatic rings. The standard InChI is InChI=1S/C7H9N3O/c1-5-6(3-2-4-8)7(11)10-9-5/h6H,2-3H2,1H3,(H,10,11)/t6-/m0/s1. The number of rotatable bonds is 2. The Labute approximate surface area is 64.9 Å². The van der Waals surface area contributed by atoms with E-state index in [1.807, 2.05) is 6.07 Å². The number of nitrogens with one attached hydrogen (secondary N) is 1. The molecule has 0 spiro atoms. The van der Waals surface area contributed by atoms with Gasteiger partial charge in [-0.15, -0.1) is 0 Å². The molecule has 0 aliphatic carbocycles. The molecule has 0 aromatic heterocycles. The van der Waals surface area contributed by atoms with E-state index in [2.05, 4.69) is 10.5 Å². The average molecular weight is 151 g/mol. The molecule has 4 heteroatoms. The molecule has 0 bridgehead atoms. The van der Waals surface area contributed by atoms with Gasteiger partial charge in [-0.25, -0.2) is 5.43 Å². The van der Waals surface area contributed by atoms with Gasteiger partial charge in [0.15, 0.2) is 0 Å². The van der Waals surface area contributed by atoms with Gasteiger partial charge in [-0.05, 0) is 13.3 Å². The number of hydrazone groups is 1. The first-order valence-electron chi connectivity index (χ1n) is 3.46. The Kier molecular flexibility index (Phi) is 2.21. The molecule has 1 atom stereocenters.